The van der Waals surface area contributed by atoms with Gasteiger partial charge in [-0.1, -0.05) is 55.3 Å². The third kappa shape index (κ3) is 4.91. The third-order valence-corrected chi connectivity index (χ3v) is 6.85. The van der Waals surface area contributed by atoms with Gasteiger partial charge in [0.05, 0.1) is 12.1 Å². The first kappa shape index (κ1) is 22.2. The molecule has 0 spiro atoms. The van der Waals surface area contributed by atoms with E-state index in [1.807, 2.05) is 48.7 Å². The van der Waals surface area contributed by atoms with Crippen molar-refractivity contribution in [1.82, 2.24) is 5.32 Å². The van der Waals surface area contributed by atoms with Crippen molar-refractivity contribution in [3.63, 3.8) is 0 Å². The minimum Gasteiger partial charge on any atom is -0.351 e. The van der Waals surface area contributed by atoms with Crippen LogP contribution in [0.15, 0.2) is 66.0 Å². The monoisotopic (exact) mass is 450 g/mol. The number of hydrogen-bond acceptors (Lipinski definition) is 3. The van der Waals surface area contributed by atoms with E-state index in [1.54, 1.807) is 18.2 Å². The number of para-hydroxylation sites is 1. The highest BCUT2D eigenvalue weighted by molar-refractivity contribution is 7.10. The average Bonchev–Trinajstić information content (AvgIpc) is 3.48. The van der Waals surface area contributed by atoms with Crippen LogP contribution in [0.3, 0.4) is 0 Å². The zero-order chi connectivity index (χ0) is 22.5. The maximum atomic E-state index is 15.0. The van der Waals surface area contributed by atoms with Crippen molar-refractivity contribution < 1.29 is 14.0 Å². The Bertz CT molecular complexity index is 1080. The zero-order valence-electron chi connectivity index (χ0n) is 18.1. The molecule has 1 atom stereocenters. The number of anilines is 1. The second-order valence-corrected chi connectivity index (χ2v) is 9.25. The van der Waals surface area contributed by atoms with Gasteiger partial charge >= 0.3 is 0 Å². The summed E-state index contributed by atoms with van der Waals surface area (Å²) in [6.45, 7) is 1.91. The van der Waals surface area contributed by atoms with E-state index in [0.29, 0.717) is 5.56 Å². The van der Waals surface area contributed by atoms with Crippen molar-refractivity contribution in [2.75, 3.05) is 4.90 Å². The van der Waals surface area contributed by atoms with Crippen molar-refractivity contribution in [2.24, 2.45) is 0 Å². The summed E-state index contributed by atoms with van der Waals surface area (Å²) in [5.74, 6) is -1.11. The highest BCUT2D eigenvalue weighted by atomic mass is 32.1. The molecule has 4 rings (SSSR count). The maximum Gasteiger partial charge on any atom is 0.248 e. The molecular formula is C26H27FN2O2S. The van der Waals surface area contributed by atoms with Crippen molar-refractivity contribution in [2.45, 2.75) is 51.1 Å². The molecule has 0 bridgehead atoms. The smallest absolute Gasteiger partial charge is 0.248 e. The van der Waals surface area contributed by atoms with E-state index in [-0.39, 0.29) is 30.0 Å². The lowest BCUT2D eigenvalue weighted by Crippen LogP contribution is -2.47. The lowest BCUT2D eigenvalue weighted by atomic mass is 9.97. The molecule has 1 saturated carbocycles. The number of thiophene rings is 1. The van der Waals surface area contributed by atoms with Crippen LogP contribution in [-0.2, 0) is 16.0 Å². The molecular weight excluding hydrogens is 423 g/mol. The summed E-state index contributed by atoms with van der Waals surface area (Å²) in [7, 11) is 0. The maximum absolute atomic E-state index is 15.0. The van der Waals surface area contributed by atoms with Crippen molar-refractivity contribution >= 4 is 28.8 Å². The molecule has 1 aliphatic rings. The molecule has 3 aromatic rings. The summed E-state index contributed by atoms with van der Waals surface area (Å²) in [5, 5.41) is 5.04. The number of nitrogens with one attached hydrogen (secondary N) is 1. The van der Waals surface area contributed by atoms with Gasteiger partial charge in [0, 0.05) is 10.9 Å². The standard InChI is InChI=1S/C26H27FN2O2S/c1-18-9-2-5-13-21(18)25(26(31)28-19-10-3-4-11-19)29(23-15-7-6-14-22(23)27)24(30)17-20-12-8-16-32-20/h2,5-9,12-16,19,25H,3-4,10-11,17H2,1H3,(H,28,31)/t25-/m0/s1. The molecule has 2 aromatic carbocycles. The molecule has 1 aliphatic carbocycles. The lowest BCUT2D eigenvalue weighted by Gasteiger charge is -2.33. The Balaban J connectivity index is 1.79. The molecule has 1 N–H and O–H groups in total. The fraction of sp³-hybridized carbons (Fsp3) is 0.308. The van der Waals surface area contributed by atoms with Gasteiger partial charge in [-0.3, -0.25) is 14.5 Å². The molecule has 2 amide bonds. The first-order valence-electron chi connectivity index (χ1n) is 11.0. The largest absolute Gasteiger partial charge is 0.351 e. The predicted octanol–water partition coefficient (Wildman–Crippen LogP) is 5.57. The second kappa shape index (κ2) is 10.1. The van der Waals surface area contributed by atoms with Crippen LogP contribution in [-0.4, -0.2) is 17.9 Å². The van der Waals surface area contributed by atoms with Crippen LogP contribution in [0.4, 0.5) is 10.1 Å². The van der Waals surface area contributed by atoms with Gasteiger partial charge in [0.2, 0.25) is 11.8 Å². The molecule has 0 saturated heterocycles. The molecule has 1 heterocycles. The summed E-state index contributed by atoms with van der Waals surface area (Å²) >= 11 is 1.47. The van der Waals surface area contributed by atoms with Gasteiger partial charge in [0.25, 0.3) is 0 Å². The van der Waals surface area contributed by atoms with Gasteiger partial charge in [-0.05, 0) is 54.5 Å². The molecule has 0 radical (unpaired) electrons. The van der Waals surface area contributed by atoms with Gasteiger partial charge in [-0.25, -0.2) is 4.39 Å². The van der Waals surface area contributed by atoms with Crippen LogP contribution in [0.25, 0.3) is 0 Å². The molecule has 0 aliphatic heterocycles. The Morgan fingerprint density at radius 1 is 1.06 bits per heavy atom. The fourth-order valence-corrected chi connectivity index (χ4v) is 5.05. The SMILES string of the molecule is Cc1ccccc1[C@@H](C(=O)NC1CCCC1)N(C(=O)Cc1cccs1)c1ccccc1F. The fourth-order valence-electron chi connectivity index (χ4n) is 4.35. The van der Waals surface area contributed by atoms with E-state index in [9.17, 15) is 9.59 Å². The third-order valence-electron chi connectivity index (χ3n) is 5.98. The number of hydrogen-bond donors (Lipinski definition) is 1. The molecule has 166 valence electrons. The topological polar surface area (TPSA) is 49.4 Å². The number of rotatable bonds is 7. The Morgan fingerprint density at radius 2 is 1.78 bits per heavy atom. The van der Waals surface area contributed by atoms with Crippen LogP contribution in [0.5, 0.6) is 0 Å². The average molecular weight is 451 g/mol. The highest BCUT2D eigenvalue weighted by Crippen LogP contribution is 2.33. The zero-order valence-corrected chi connectivity index (χ0v) is 18.9. The molecule has 6 heteroatoms. The van der Waals surface area contributed by atoms with Crippen LogP contribution in [0.2, 0.25) is 0 Å². The number of aryl methyl sites for hydroxylation is 1. The van der Waals surface area contributed by atoms with Gasteiger partial charge in [0.15, 0.2) is 0 Å². The quantitative estimate of drug-likeness (QED) is 0.511. The van der Waals surface area contributed by atoms with E-state index in [0.717, 1.165) is 36.1 Å². The van der Waals surface area contributed by atoms with Gasteiger partial charge in [-0.15, -0.1) is 11.3 Å². The van der Waals surface area contributed by atoms with Crippen LogP contribution in [0, 0.1) is 12.7 Å². The predicted molar refractivity (Wildman–Crippen MR) is 126 cm³/mol. The number of amides is 2. The van der Waals surface area contributed by atoms with E-state index < -0.39 is 11.9 Å². The summed E-state index contributed by atoms with van der Waals surface area (Å²) in [6, 6.07) is 16.6. The van der Waals surface area contributed by atoms with Crippen LogP contribution in [0.1, 0.15) is 47.7 Å². The first-order valence-corrected chi connectivity index (χ1v) is 11.9. The number of halogens is 1. The molecule has 32 heavy (non-hydrogen) atoms. The number of carbonyl (C=O) groups is 2. The van der Waals surface area contributed by atoms with Gasteiger partial charge < -0.3 is 5.32 Å². The normalized spacial score (nSPS) is 14.8. The summed E-state index contributed by atoms with van der Waals surface area (Å²) < 4.78 is 15.0. The van der Waals surface area contributed by atoms with Crippen molar-refractivity contribution in [3.05, 3.63) is 87.9 Å². The number of benzene rings is 2. The van der Waals surface area contributed by atoms with Gasteiger partial charge in [0.1, 0.15) is 11.9 Å². The summed E-state index contributed by atoms with van der Waals surface area (Å²) in [5.41, 5.74) is 1.69. The Labute approximate surface area is 192 Å². The molecule has 1 fully saturated rings. The Hall–Kier alpha value is -2.99. The van der Waals surface area contributed by atoms with E-state index in [1.165, 1.54) is 22.3 Å². The second-order valence-electron chi connectivity index (χ2n) is 8.22. The van der Waals surface area contributed by atoms with E-state index >= 15 is 4.39 Å². The number of nitrogens with zero attached hydrogens (tertiary/aromatic N) is 1. The van der Waals surface area contributed by atoms with Crippen LogP contribution < -0.4 is 10.2 Å². The van der Waals surface area contributed by atoms with Crippen molar-refractivity contribution in [1.29, 1.82) is 0 Å². The van der Waals surface area contributed by atoms with E-state index in [4.69, 9.17) is 0 Å². The summed E-state index contributed by atoms with van der Waals surface area (Å²) in [6.07, 6.45) is 4.11. The molecule has 0 unspecified atom stereocenters. The lowest BCUT2D eigenvalue weighted by molar-refractivity contribution is -0.127. The summed E-state index contributed by atoms with van der Waals surface area (Å²) in [4.78, 5) is 29.5. The van der Waals surface area contributed by atoms with E-state index in [2.05, 4.69) is 5.32 Å². The first-order chi connectivity index (χ1) is 15.5. The molecule has 4 nitrogen and oxygen atoms in total. The van der Waals surface area contributed by atoms with Gasteiger partial charge in [-0.2, -0.15) is 0 Å². The minimum absolute atomic E-state index is 0.0869. The Kier molecular flexibility index (Phi) is 7.00. The minimum atomic E-state index is -0.957. The van der Waals surface area contributed by atoms with Crippen molar-refractivity contribution in [3.8, 4) is 0 Å². The van der Waals surface area contributed by atoms with Crippen LogP contribution >= 0.6 is 11.3 Å². The highest BCUT2D eigenvalue weighted by Gasteiger charge is 2.36. The Morgan fingerprint density at radius 3 is 2.47 bits per heavy atom. The molecule has 1 aromatic heterocycles. The number of carbonyl (C=O) groups excluding carboxylic acids is 2.